The number of oxazole rings is 1. The summed E-state index contributed by atoms with van der Waals surface area (Å²) < 4.78 is 27.9. The first-order chi connectivity index (χ1) is 11.4. The molecule has 0 radical (unpaired) electrons. The number of aromatic nitrogens is 1. The maximum absolute atomic E-state index is 11.2. The Balaban J connectivity index is 1.83. The highest BCUT2D eigenvalue weighted by Crippen LogP contribution is 2.23. The van der Waals surface area contributed by atoms with E-state index in [1.165, 1.54) is 6.26 Å². The second kappa shape index (κ2) is 8.29. The third kappa shape index (κ3) is 5.97. The third-order valence-electron chi connectivity index (χ3n) is 3.25. The summed E-state index contributed by atoms with van der Waals surface area (Å²) in [4.78, 5) is 9.54. The molecule has 0 fully saturated rings. The van der Waals surface area contributed by atoms with Crippen molar-refractivity contribution in [3.05, 3.63) is 29.5 Å². The average Bonchev–Trinajstić information content (AvgIpc) is 3.19. The van der Waals surface area contributed by atoms with Crippen molar-refractivity contribution in [1.29, 1.82) is 0 Å². The number of rotatable bonds is 7. The van der Waals surface area contributed by atoms with E-state index in [2.05, 4.69) is 20.6 Å². The number of nitrogens with one attached hydrogen (secondary N) is 2. The van der Waals surface area contributed by atoms with Gasteiger partial charge in [0.2, 0.25) is 5.89 Å². The largest absolute Gasteiger partial charge is 0.443 e. The molecule has 0 bridgehead atoms. The number of guanidine groups is 1. The zero-order chi connectivity index (χ0) is 17.6. The highest BCUT2D eigenvalue weighted by molar-refractivity contribution is 7.90. The third-order valence-corrected chi connectivity index (χ3v) is 5.08. The minimum absolute atomic E-state index is 0.00934. The zero-order valence-electron chi connectivity index (χ0n) is 13.9. The molecule has 2 aromatic rings. The van der Waals surface area contributed by atoms with Crippen molar-refractivity contribution in [2.75, 3.05) is 19.1 Å². The molecular weight excluding hydrogens is 348 g/mol. The Labute approximate surface area is 146 Å². The normalized spacial score (nSPS) is 13.7. The van der Waals surface area contributed by atoms with E-state index < -0.39 is 9.84 Å². The average molecular weight is 371 g/mol. The van der Waals surface area contributed by atoms with Gasteiger partial charge in [0.05, 0.1) is 22.9 Å². The molecule has 1 atom stereocenters. The van der Waals surface area contributed by atoms with Gasteiger partial charge in [-0.1, -0.05) is 6.07 Å². The Bertz CT molecular complexity index is 767. The fourth-order valence-corrected chi connectivity index (χ4v) is 3.40. The van der Waals surface area contributed by atoms with Gasteiger partial charge in [-0.05, 0) is 24.8 Å². The van der Waals surface area contributed by atoms with Gasteiger partial charge in [-0.2, -0.15) is 0 Å². The van der Waals surface area contributed by atoms with E-state index in [9.17, 15) is 8.42 Å². The van der Waals surface area contributed by atoms with E-state index in [1.54, 1.807) is 24.6 Å². The molecule has 0 saturated carbocycles. The quantitative estimate of drug-likeness (QED) is 0.571. The van der Waals surface area contributed by atoms with Gasteiger partial charge in [-0.25, -0.2) is 13.4 Å². The summed E-state index contributed by atoms with van der Waals surface area (Å²) in [5.41, 5.74) is 0.769. The van der Waals surface area contributed by atoms with Crippen LogP contribution in [0.1, 0.15) is 19.0 Å². The minimum atomic E-state index is -2.96. The SMILES string of the molecule is CN=C(NCc1coc(-c2cccs2)n1)NC(C)CCS(C)(=O)=O. The number of sulfone groups is 1. The number of aliphatic imine (C=N–C) groups is 1. The van der Waals surface area contributed by atoms with Gasteiger partial charge in [0, 0.05) is 19.3 Å². The van der Waals surface area contributed by atoms with Gasteiger partial charge in [0.25, 0.3) is 0 Å². The molecule has 0 saturated heterocycles. The van der Waals surface area contributed by atoms with Crippen molar-refractivity contribution in [1.82, 2.24) is 15.6 Å². The summed E-state index contributed by atoms with van der Waals surface area (Å²) in [5.74, 6) is 1.34. The number of thiophene rings is 1. The molecule has 7 nitrogen and oxygen atoms in total. The fourth-order valence-electron chi connectivity index (χ4n) is 1.97. The summed E-state index contributed by atoms with van der Waals surface area (Å²) in [6.07, 6.45) is 3.37. The standard InChI is InChI=1S/C15H22N4O3S2/c1-11(6-8-24(3,20)21)18-15(16-2)17-9-12-10-22-14(19-12)13-5-4-7-23-13/h4-5,7,10-11H,6,8-9H2,1-3H3,(H2,16,17,18). The Morgan fingerprint density at radius 1 is 1.50 bits per heavy atom. The van der Waals surface area contributed by atoms with Gasteiger partial charge in [0.1, 0.15) is 16.1 Å². The maximum atomic E-state index is 11.2. The Morgan fingerprint density at radius 3 is 2.92 bits per heavy atom. The summed E-state index contributed by atoms with van der Waals surface area (Å²) in [5, 5.41) is 8.28. The van der Waals surface area contributed by atoms with Crippen LogP contribution in [0.2, 0.25) is 0 Å². The number of hydrogen-bond donors (Lipinski definition) is 2. The lowest BCUT2D eigenvalue weighted by molar-refractivity contribution is 0.572. The fraction of sp³-hybridized carbons (Fsp3) is 0.467. The first-order valence-electron chi connectivity index (χ1n) is 7.50. The summed E-state index contributed by atoms with van der Waals surface area (Å²) in [6.45, 7) is 2.39. The van der Waals surface area contributed by atoms with Crippen LogP contribution < -0.4 is 10.6 Å². The number of hydrogen-bond acceptors (Lipinski definition) is 6. The molecule has 2 N–H and O–H groups in total. The van der Waals surface area contributed by atoms with Gasteiger partial charge >= 0.3 is 0 Å². The Morgan fingerprint density at radius 2 is 2.29 bits per heavy atom. The first kappa shape index (κ1) is 18.5. The van der Waals surface area contributed by atoms with Gasteiger partial charge in [0.15, 0.2) is 5.96 Å². The second-order valence-corrected chi connectivity index (χ2v) is 8.72. The van der Waals surface area contributed by atoms with Crippen LogP contribution in [0.5, 0.6) is 0 Å². The predicted octanol–water partition coefficient (Wildman–Crippen LogP) is 1.89. The van der Waals surface area contributed by atoms with Crippen molar-refractivity contribution in [2.45, 2.75) is 25.9 Å². The Kier molecular flexibility index (Phi) is 6.38. The van der Waals surface area contributed by atoms with E-state index in [-0.39, 0.29) is 11.8 Å². The molecule has 132 valence electrons. The highest BCUT2D eigenvalue weighted by Gasteiger charge is 2.11. The van der Waals surface area contributed by atoms with Crippen LogP contribution in [0.25, 0.3) is 10.8 Å². The van der Waals surface area contributed by atoms with Crippen LogP contribution in [-0.2, 0) is 16.4 Å². The maximum Gasteiger partial charge on any atom is 0.236 e. The number of nitrogens with zero attached hydrogens (tertiary/aromatic N) is 2. The molecule has 0 aliphatic heterocycles. The molecule has 2 heterocycles. The van der Waals surface area contributed by atoms with Crippen LogP contribution in [0.4, 0.5) is 0 Å². The van der Waals surface area contributed by atoms with Crippen LogP contribution >= 0.6 is 11.3 Å². The minimum Gasteiger partial charge on any atom is -0.443 e. The molecule has 0 spiro atoms. The summed E-state index contributed by atoms with van der Waals surface area (Å²) in [7, 11) is -1.29. The van der Waals surface area contributed by atoms with Crippen molar-refractivity contribution in [3.8, 4) is 10.8 Å². The van der Waals surface area contributed by atoms with Gasteiger partial charge in [-0.3, -0.25) is 4.99 Å². The topological polar surface area (TPSA) is 96.6 Å². The van der Waals surface area contributed by atoms with Crippen molar-refractivity contribution >= 4 is 27.1 Å². The van der Waals surface area contributed by atoms with Crippen molar-refractivity contribution in [3.63, 3.8) is 0 Å². The lowest BCUT2D eigenvalue weighted by Gasteiger charge is -2.17. The first-order valence-corrected chi connectivity index (χ1v) is 10.4. The van der Waals surface area contributed by atoms with Crippen LogP contribution in [0, 0.1) is 0 Å². The molecule has 0 aliphatic carbocycles. The highest BCUT2D eigenvalue weighted by atomic mass is 32.2. The molecule has 0 amide bonds. The molecular formula is C15H22N4O3S2. The molecule has 9 heteroatoms. The van der Waals surface area contributed by atoms with E-state index in [0.29, 0.717) is 24.8 Å². The molecule has 24 heavy (non-hydrogen) atoms. The van der Waals surface area contributed by atoms with E-state index >= 15 is 0 Å². The molecule has 2 rings (SSSR count). The molecule has 0 aromatic carbocycles. The van der Waals surface area contributed by atoms with E-state index in [1.807, 2.05) is 24.4 Å². The van der Waals surface area contributed by atoms with E-state index in [4.69, 9.17) is 4.42 Å². The zero-order valence-corrected chi connectivity index (χ0v) is 15.6. The molecule has 0 aliphatic rings. The van der Waals surface area contributed by atoms with Crippen molar-refractivity contribution < 1.29 is 12.8 Å². The monoisotopic (exact) mass is 370 g/mol. The smallest absolute Gasteiger partial charge is 0.236 e. The van der Waals surface area contributed by atoms with Gasteiger partial charge < -0.3 is 15.1 Å². The van der Waals surface area contributed by atoms with Crippen LogP contribution in [0.15, 0.2) is 33.2 Å². The van der Waals surface area contributed by atoms with E-state index in [0.717, 1.165) is 10.6 Å². The van der Waals surface area contributed by atoms with Gasteiger partial charge in [-0.15, -0.1) is 11.3 Å². The summed E-state index contributed by atoms with van der Waals surface area (Å²) in [6, 6.07) is 3.90. The second-order valence-electron chi connectivity index (χ2n) is 5.51. The Hall–Kier alpha value is -1.87. The lowest BCUT2D eigenvalue weighted by atomic mass is 10.3. The summed E-state index contributed by atoms with van der Waals surface area (Å²) >= 11 is 1.57. The predicted molar refractivity (Wildman–Crippen MR) is 96.9 cm³/mol. The molecule has 1 unspecified atom stereocenters. The van der Waals surface area contributed by atoms with Crippen LogP contribution in [0.3, 0.4) is 0 Å². The van der Waals surface area contributed by atoms with Crippen molar-refractivity contribution in [2.24, 2.45) is 4.99 Å². The molecule has 2 aromatic heterocycles. The lowest BCUT2D eigenvalue weighted by Crippen LogP contribution is -2.42. The van der Waals surface area contributed by atoms with Crippen LogP contribution in [-0.4, -0.2) is 44.5 Å².